The summed E-state index contributed by atoms with van der Waals surface area (Å²) in [5.41, 5.74) is 1.97. The Morgan fingerprint density at radius 1 is 0.974 bits per heavy atom. The number of thiazole rings is 1. The van der Waals surface area contributed by atoms with Gasteiger partial charge in [-0.2, -0.15) is 0 Å². The Hall–Kier alpha value is -4.42. The van der Waals surface area contributed by atoms with Gasteiger partial charge in [-0.25, -0.2) is 4.98 Å². The predicted molar refractivity (Wildman–Crippen MR) is 151 cm³/mol. The molecule has 2 heterocycles. The van der Waals surface area contributed by atoms with E-state index < -0.39 is 0 Å². The van der Waals surface area contributed by atoms with Crippen molar-refractivity contribution in [2.75, 3.05) is 25.3 Å². The van der Waals surface area contributed by atoms with Gasteiger partial charge in [0.1, 0.15) is 11.5 Å². The first-order chi connectivity index (χ1) is 19.1. The van der Waals surface area contributed by atoms with Crippen molar-refractivity contribution in [2.45, 2.75) is 11.7 Å². The van der Waals surface area contributed by atoms with E-state index in [1.54, 1.807) is 61.3 Å². The van der Waals surface area contributed by atoms with Crippen LogP contribution in [0.4, 0.5) is 5.13 Å². The lowest BCUT2D eigenvalue weighted by Crippen LogP contribution is -2.24. The molecular weight excluding hydrogens is 536 g/mol. The minimum Gasteiger partial charge on any atom is -0.497 e. The van der Waals surface area contributed by atoms with Crippen LogP contribution in [0.15, 0.2) is 78.0 Å². The van der Waals surface area contributed by atoms with Crippen molar-refractivity contribution < 1.29 is 19.1 Å². The van der Waals surface area contributed by atoms with E-state index in [0.29, 0.717) is 38.9 Å². The highest BCUT2D eigenvalue weighted by Crippen LogP contribution is 2.32. The molecule has 0 fully saturated rings. The zero-order valence-corrected chi connectivity index (χ0v) is 22.7. The van der Waals surface area contributed by atoms with E-state index in [1.807, 2.05) is 30.3 Å². The second-order valence-electron chi connectivity index (χ2n) is 8.14. The molecule has 0 aliphatic carbocycles. The van der Waals surface area contributed by atoms with Crippen LogP contribution in [-0.4, -0.2) is 51.5 Å². The Morgan fingerprint density at radius 2 is 1.77 bits per heavy atom. The number of fused-ring (bicyclic) bond motifs is 1. The zero-order valence-electron chi connectivity index (χ0n) is 21.1. The van der Waals surface area contributed by atoms with Crippen LogP contribution < -0.4 is 20.1 Å². The Kier molecular flexibility index (Phi) is 8.04. The fraction of sp³-hybridized carbons (Fsp3) is 0.148. The normalized spacial score (nSPS) is 10.8. The van der Waals surface area contributed by atoms with Crippen LogP contribution >= 0.6 is 23.1 Å². The van der Waals surface area contributed by atoms with E-state index in [9.17, 15) is 9.59 Å². The molecule has 0 saturated carbocycles. The highest BCUT2D eigenvalue weighted by atomic mass is 32.2. The van der Waals surface area contributed by atoms with Crippen LogP contribution in [0, 0.1) is 0 Å². The number of para-hydroxylation sites is 1. The quantitative estimate of drug-likeness (QED) is 0.239. The number of carbonyl (C=O) groups excluding carboxylic acids is 2. The number of methoxy groups -OCH3 is 2. The first-order valence-electron chi connectivity index (χ1n) is 11.8. The van der Waals surface area contributed by atoms with Crippen LogP contribution in [-0.2, 0) is 11.3 Å². The third kappa shape index (κ3) is 6.02. The first kappa shape index (κ1) is 26.2. The second kappa shape index (κ2) is 12.0. The van der Waals surface area contributed by atoms with Gasteiger partial charge in [-0.3, -0.25) is 14.2 Å². The highest BCUT2D eigenvalue weighted by Gasteiger charge is 2.21. The molecule has 0 saturated heterocycles. The van der Waals surface area contributed by atoms with Crippen molar-refractivity contribution >= 4 is 50.3 Å². The molecule has 0 aliphatic heterocycles. The molecule has 2 amide bonds. The van der Waals surface area contributed by atoms with Crippen LogP contribution in [0.5, 0.6) is 11.5 Å². The Morgan fingerprint density at radius 3 is 2.54 bits per heavy atom. The van der Waals surface area contributed by atoms with Crippen molar-refractivity contribution in [1.29, 1.82) is 0 Å². The lowest BCUT2D eigenvalue weighted by Gasteiger charge is -2.15. The molecule has 5 aromatic rings. The standard InChI is InChI=1S/C27H24N6O4S2/c1-36-18-12-13-21(37-2)20(14-18)33-23(15-28-25(35)17-8-4-3-5-9-17)31-32-27(33)38-16-24(34)30-26-29-19-10-6-7-11-22(19)39-26/h3-14H,15-16H2,1-2H3,(H,28,35)(H,29,30,34). The molecule has 5 rings (SSSR count). The minimum atomic E-state index is -0.243. The molecule has 39 heavy (non-hydrogen) atoms. The van der Waals surface area contributed by atoms with Gasteiger partial charge >= 0.3 is 0 Å². The summed E-state index contributed by atoms with van der Waals surface area (Å²) >= 11 is 2.62. The van der Waals surface area contributed by atoms with Crippen molar-refractivity contribution in [2.24, 2.45) is 0 Å². The van der Waals surface area contributed by atoms with Crippen LogP contribution in [0.3, 0.4) is 0 Å². The van der Waals surface area contributed by atoms with Gasteiger partial charge in [0.05, 0.1) is 42.4 Å². The zero-order chi connectivity index (χ0) is 27.2. The number of hydrogen-bond acceptors (Lipinski definition) is 9. The lowest BCUT2D eigenvalue weighted by molar-refractivity contribution is -0.113. The number of thioether (sulfide) groups is 1. The van der Waals surface area contributed by atoms with Crippen LogP contribution in [0.1, 0.15) is 16.2 Å². The summed E-state index contributed by atoms with van der Waals surface area (Å²) in [6.07, 6.45) is 0. The van der Waals surface area contributed by atoms with E-state index in [1.165, 1.54) is 23.1 Å². The highest BCUT2D eigenvalue weighted by molar-refractivity contribution is 7.99. The lowest BCUT2D eigenvalue weighted by atomic mass is 10.2. The van der Waals surface area contributed by atoms with Gasteiger partial charge in [0, 0.05) is 11.6 Å². The Bertz CT molecular complexity index is 1590. The van der Waals surface area contributed by atoms with Gasteiger partial charge in [0.2, 0.25) is 5.91 Å². The molecule has 0 bridgehead atoms. The molecule has 0 aliphatic rings. The SMILES string of the molecule is COc1ccc(OC)c(-n2c(CNC(=O)c3ccccc3)nnc2SCC(=O)Nc2nc3ccccc3s2)c1. The van der Waals surface area contributed by atoms with Gasteiger partial charge in [-0.05, 0) is 36.4 Å². The van der Waals surface area contributed by atoms with E-state index in [0.717, 1.165) is 10.2 Å². The summed E-state index contributed by atoms with van der Waals surface area (Å²) in [7, 11) is 3.13. The fourth-order valence-electron chi connectivity index (χ4n) is 3.78. The summed E-state index contributed by atoms with van der Waals surface area (Å²) < 4.78 is 13.8. The molecule has 0 atom stereocenters. The largest absolute Gasteiger partial charge is 0.497 e. The van der Waals surface area contributed by atoms with Gasteiger partial charge in [-0.1, -0.05) is 53.4 Å². The Labute approximate surface area is 232 Å². The second-order valence-corrected chi connectivity index (χ2v) is 10.1. The fourth-order valence-corrected chi connectivity index (χ4v) is 5.43. The first-order valence-corrected chi connectivity index (χ1v) is 13.6. The summed E-state index contributed by atoms with van der Waals surface area (Å²) in [6, 6.07) is 21.9. The number of benzene rings is 3. The number of anilines is 1. The summed E-state index contributed by atoms with van der Waals surface area (Å²) in [4.78, 5) is 29.9. The summed E-state index contributed by atoms with van der Waals surface area (Å²) in [6.45, 7) is 0.0968. The number of nitrogens with zero attached hydrogens (tertiary/aromatic N) is 4. The smallest absolute Gasteiger partial charge is 0.251 e. The maximum atomic E-state index is 12.8. The molecule has 2 aromatic heterocycles. The number of amides is 2. The molecular formula is C27H24N6O4S2. The number of carbonyl (C=O) groups is 2. The van der Waals surface area contributed by atoms with Crippen LogP contribution in [0.2, 0.25) is 0 Å². The van der Waals surface area contributed by atoms with Crippen molar-refractivity contribution in [3.05, 3.63) is 84.2 Å². The molecule has 12 heteroatoms. The number of nitrogens with one attached hydrogen (secondary N) is 2. The molecule has 0 spiro atoms. The predicted octanol–water partition coefficient (Wildman–Crippen LogP) is 4.56. The monoisotopic (exact) mass is 560 g/mol. The molecule has 0 unspecified atom stereocenters. The molecule has 0 radical (unpaired) electrons. The number of hydrogen-bond donors (Lipinski definition) is 2. The molecule has 10 nitrogen and oxygen atoms in total. The van der Waals surface area contributed by atoms with E-state index in [-0.39, 0.29) is 24.1 Å². The topological polar surface area (TPSA) is 120 Å². The third-order valence-corrected chi connectivity index (χ3v) is 7.52. The molecule has 2 N–H and O–H groups in total. The average molecular weight is 561 g/mol. The maximum absolute atomic E-state index is 12.8. The molecule has 3 aromatic carbocycles. The Balaban J connectivity index is 1.38. The van der Waals surface area contributed by atoms with E-state index in [4.69, 9.17) is 9.47 Å². The van der Waals surface area contributed by atoms with Gasteiger partial charge in [-0.15, -0.1) is 10.2 Å². The van der Waals surface area contributed by atoms with Crippen LogP contribution in [0.25, 0.3) is 15.9 Å². The van der Waals surface area contributed by atoms with Crippen molar-refractivity contribution in [3.8, 4) is 17.2 Å². The number of ether oxygens (including phenoxy) is 2. The average Bonchev–Trinajstić information content (AvgIpc) is 3.58. The third-order valence-electron chi connectivity index (χ3n) is 5.64. The number of rotatable bonds is 10. The van der Waals surface area contributed by atoms with Gasteiger partial charge in [0.25, 0.3) is 5.91 Å². The summed E-state index contributed by atoms with van der Waals surface area (Å²) in [5, 5.41) is 15.4. The van der Waals surface area contributed by atoms with Crippen molar-refractivity contribution in [1.82, 2.24) is 25.1 Å². The maximum Gasteiger partial charge on any atom is 0.251 e. The van der Waals surface area contributed by atoms with E-state index >= 15 is 0 Å². The number of aromatic nitrogens is 4. The molecule has 198 valence electrons. The minimum absolute atomic E-state index is 0.0662. The van der Waals surface area contributed by atoms with Gasteiger partial charge in [0.15, 0.2) is 16.1 Å². The van der Waals surface area contributed by atoms with Crippen molar-refractivity contribution in [3.63, 3.8) is 0 Å². The van der Waals surface area contributed by atoms with E-state index in [2.05, 4.69) is 25.8 Å². The summed E-state index contributed by atoms with van der Waals surface area (Å²) in [5.74, 6) is 1.20. The van der Waals surface area contributed by atoms with Gasteiger partial charge < -0.3 is 20.1 Å².